The molecular weight excluding hydrogens is 402 g/mol. The first-order valence-electron chi connectivity index (χ1n) is 11.1. The Morgan fingerprint density at radius 3 is 2.38 bits per heavy atom. The van der Waals surface area contributed by atoms with Crippen LogP contribution in [0.4, 0.5) is 17.2 Å². The van der Waals surface area contributed by atoms with E-state index in [-0.39, 0.29) is 17.5 Å². The van der Waals surface area contributed by atoms with Gasteiger partial charge in [0.2, 0.25) is 5.91 Å². The predicted molar refractivity (Wildman–Crippen MR) is 127 cm³/mol. The summed E-state index contributed by atoms with van der Waals surface area (Å²) in [7, 11) is 1.71. The van der Waals surface area contributed by atoms with Crippen molar-refractivity contribution in [2.75, 3.05) is 28.6 Å². The molecule has 2 amide bonds. The summed E-state index contributed by atoms with van der Waals surface area (Å²) in [6.07, 6.45) is 4.77. The Morgan fingerprint density at radius 1 is 0.938 bits per heavy atom. The van der Waals surface area contributed by atoms with Crippen LogP contribution < -0.4 is 15.5 Å². The zero-order valence-electron chi connectivity index (χ0n) is 18.4. The highest BCUT2D eigenvalue weighted by atomic mass is 16.2. The number of aromatic nitrogens is 2. The Labute approximate surface area is 188 Å². The van der Waals surface area contributed by atoms with E-state index in [0.717, 1.165) is 24.3 Å². The lowest BCUT2D eigenvalue weighted by molar-refractivity contribution is -0.116. The van der Waals surface area contributed by atoms with Crippen molar-refractivity contribution < 1.29 is 9.59 Å². The lowest BCUT2D eigenvalue weighted by Gasteiger charge is -2.28. The Balaban J connectivity index is 1.32. The maximum Gasteiger partial charge on any atom is 0.276 e. The molecular formula is C25H29N5O2. The fraction of sp³-hybridized carbons (Fsp3) is 0.320. The molecule has 0 atom stereocenters. The van der Waals surface area contributed by atoms with E-state index in [1.54, 1.807) is 13.1 Å². The topological polar surface area (TPSA) is 79.3 Å². The molecule has 32 heavy (non-hydrogen) atoms. The van der Waals surface area contributed by atoms with E-state index in [1.165, 1.54) is 29.6 Å². The third-order valence-electron chi connectivity index (χ3n) is 5.71. The van der Waals surface area contributed by atoms with Crippen molar-refractivity contribution in [3.05, 3.63) is 71.9 Å². The van der Waals surface area contributed by atoms with Gasteiger partial charge in [-0.2, -0.15) is 5.10 Å². The van der Waals surface area contributed by atoms with Crippen molar-refractivity contribution in [1.29, 1.82) is 0 Å². The number of rotatable bonds is 7. The maximum absolute atomic E-state index is 12.7. The molecule has 1 fully saturated rings. The average molecular weight is 432 g/mol. The van der Waals surface area contributed by atoms with Gasteiger partial charge in [-0.25, -0.2) is 0 Å². The van der Waals surface area contributed by atoms with Crippen LogP contribution in [0.25, 0.3) is 0 Å². The molecule has 2 heterocycles. The van der Waals surface area contributed by atoms with Gasteiger partial charge >= 0.3 is 0 Å². The smallest absolute Gasteiger partial charge is 0.276 e. The number of aryl methyl sites for hydroxylation is 2. The van der Waals surface area contributed by atoms with E-state index >= 15 is 0 Å². The van der Waals surface area contributed by atoms with Crippen LogP contribution in [0, 0.1) is 0 Å². The normalized spacial score (nSPS) is 13.6. The minimum atomic E-state index is -0.309. The molecule has 0 spiro atoms. The highest BCUT2D eigenvalue weighted by molar-refractivity contribution is 6.04. The van der Waals surface area contributed by atoms with Crippen molar-refractivity contribution >= 4 is 29.0 Å². The van der Waals surface area contributed by atoms with Gasteiger partial charge in [-0.15, -0.1) is 0 Å². The average Bonchev–Trinajstić information content (AvgIpc) is 3.19. The van der Waals surface area contributed by atoms with Crippen molar-refractivity contribution in [3.63, 3.8) is 0 Å². The third kappa shape index (κ3) is 5.55. The predicted octanol–water partition coefficient (Wildman–Crippen LogP) is 4.23. The number of nitrogens with zero attached hydrogens (tertiary/aromatic N) is 3. The van der Waals surface area contributed by atoms with Gasteiger partial charge in [-0.1, -0.05) is 30.3 Å². The van der Waals surface area contributed by atoms with Crippen LogP contribution in [0.15, 0.2) is 60.7 Å². The summed E-state index contributed by atoms with van der Waals surface area (Å²) in [6.45, 7) is 2.17. The van der Waals surface area contributed by atoms with Crippen LogP contribution in [0.2, 0.25) is 0 Å². The summed E-state index contributed by atoms with van der Waals surface area (Å²) in [6, 6.07) is 19.4. The molecule has 4 rings (SSSR count). The number of anilines is 3. The number of carbonyl (C=O) groups excluding carboxylic acids is 2. The molecule has 0 aliphatic carbocycles. The van der Waals surface area contributed by atoms with Crippen molar-refractivity contribution in [1.82, 2.24) is 9.78 Å². The van der Waals surface area contributed by atoms with Crippen molar-refractivity contribution in [3.8, 4) is 0 Å². The Kier molecular flexibility index (Phi) is 6.84. The molecule has 2 aromatic carbocycles. The lowest BCUT2D eigenvalue weighted by Crippen LogP contribution is -2.29. The van der Waals surface area contributed by atoms with Gasteiger partial charge in [0.05, 0.1) is 0 Å². The Bertz CT molecular complexity index is 1050. The first-order valence-corrected chi connectivity index (χ1v) is 11.1. The molecule has 7 nitrogen and oxygen atoms in total. The number of benzene rings is 2. The monoisotopic (exact) mass is 431 g/mol. The van der Waals surface area contributed by atoms with E-state index < -0.39 is 0 Å². The number of hydrogen-bond donors (Lipinski definition) is 2. The Hall–Kier alpha value is -3.61. The fourth-order valence-electron chi connectivity index (χ4n) is 3.91. The van der Waals surface area contributed by atoms with Gasteiger partial charge in [0, 0.05) is 44.0 Å². The number of amides is 2. The van der Waals surface area contributed by atoms with Gasteiger partial charge in [-0.3, -0.25) is 14.3 Å². The number of carbonyl (C=O) groups is 2. The van der Waals surface area contributed by atoms with Gasteiger partial charge in [0.15, 0.2) is 5.69 Å². The largest absolute Gasteiger partial charge is 0.372 e. The molecule has 7 heteroatoms. The van der Waals surface area contributed by atoms with E-state index in [4.69, 9.17) is 0 Å². The second-order valence-corrected chi connectivity index (χ2v) is 8.12. The molecule has 1 aliphatic rings. The SMILES string of the molecule is Cn1nc(C(=O)Nc2ccc(N3CCCCC3)cc2)cc1NC(=O)CCc1ccccc1. The van der Waals surface area contributed by atoms with Crippen molar-refractivity contribution in [2.24, 2.45) is 7.05 Å². The van der Waals surface area contributed by atoms with Crippen LogP contribution in [-0.4, -0.2) is 34.7 Å². The maximum atomic E-state index is 12.7. The van der Waals surface area contributed by atoms with E-state index in [2.05, 4.69) is 20.6 Å². The second-order valence-electron chi connectivity index (χ2n) is 8.12. The first-order chi connectivity index (χ1) is 15.6. The minimum absolute atomic E-state index is 0.114. The third-order valence-corrected chi connectivity index (χ3v) is 5.71. The zero-order valence-corrected chi connectivity index (χ0v) is 18.4. The zero-order chi connectivity index (χ0) is 22.3. The number of nitrogens with one attached hydrogen (secondary N) is 2. The molecule has 0 unspecified atom stereocenters. The van der Waals surface area contributed by atoms with Gasteiger partial charge < -0.3 is 15.5 Å². The highest BCUT2D eigenvalue weighted by Gasteiger charge is 2.16. The Morgan fingerprint density at radius 2 is 1.66 bits per heavy atom. The summed E-state index contributed by atoms with van der Waals surface area (Å²) in [4.78, 5) is 27.3. The van der Waals surface area contributed by atoms with E-state index in [1.807, 2.05) is 54.6 Å². The molecule has 0 radical (unpaired) electrons. The summed E-state index contributed by atoms with van der Waals surface area (Å²) in [5.41, 5.74) is 3.26. The van der Waals surface area contributed by atoms with Gasteiger partial charge in [0.25, 0.3) is 5.91 Å². The first kappa shape index (κ1) is 21.6. The van der Waals surface area contributed by atoms with Crippen LogP contribution in [0.1, 0.15) is 41.7 Å². The second kappa shape index (κ2) is 10.1. The van der Waals surface area contributed by atoms with E-state index in [9.17, 15) is 9.59 Å². The summed E-state index contributed by atoms with van der Waals surface area (Å²) in [5, 5.41) is 9.97. The molecule has 3 aromatic rings. The number of piperidine rings is 1. The molecule has 0 saturated carbocycles. The molecule has 1 aromatic heterocycles. The number of hydrogen-bond acceptors (Lipinski definition) is 4. The quantitative estimate of drug-likeness (QED) is 0.587. The minimum Gasteiger partial charge on any atom is -0.372 e. The highest BCUT2D eigenvalue weighted by Crippen LogP contribution is 2.22. The van der Waals surface area contributed by atoms with Gasteiger partial charge in [0.1, 0.15) is 5.82 Å². The molecule has 1 aliphatic heterocycles. The summed E-state index contributed by atoms with van der Waals surface area (Å²) < 4.78 is 1.51. The van der Waals surface area contributed by atoms with Crippen molar-refractivity contribution in [2.45, 2.75) is 32.1 Å². The van der Waals surface area contributed by atoms with Crippen LogP contribution in [-0.2, 0) is 18.3 Å². The van der Waals surface area contributed by atoms with Gasteiger partial charge in [-0.05, 0) is 55.5 Å². The molecule has 0 bridgehead atoms. The van der Waals surface area contributed by atoms with Crippen LogP contribution in [0.5, 0.6) is 0 Å². The fourth-order valence-corrected chi connectivity index (χ4v) is 3.91. The summed E-state index contributed by atoms with van der Waals surface area (Å²) in [5.74, 6) is 0.0712. The molecule has 166 valence electrons. The standard InChI is InChI=1S/C25H29N5O2/c1-29-23(27-24(31)15-10-19-8-4-2-5-9-19)18-22(28-29)25(32)26-20-11-13-21(14-12-20)30-16-6-3-7-17-30/h2,4-5,8-9,11-14,18H,3,6-7,10,15-17H2,1H3,(H,26,32)(H,27,31). The van der Waals surface area contributed by atoms with E-state index in [0.29, 0.717) is 18.7 Å². The lowest BCUT2D eigenvalue weighted by atomic mass is 10.1. The van der Waals surface area contributed by atoms with Crippen LogP contribution in [0.3, 0.4) is 0 Å². The van der Waals surface area contributed by atoms with Crippen LogP contribution >= 0.6 is 0 Å². The summed E-state index contributed by atoms with van der Waals surface area (Å²) >= 11 is 0. The molecule has 1 saturated heterocycles. The molecule has 2 N–H and O–H groups in total.